The van der Waals surface area contributed by atoms with E-state index in [2.05, 4.69) is 11.3 Å². The van der Waals surface area contributed by atoms with Crippen LogP contribution >= 0.6 is 34.8 Å². The summed E-state index contributed by atoms with van der Waals surface area (Å²) in [6.45, 7) is 5.45. The average molecular weight is 249 g/mol. The molecular formula is C7H8Cl3FO2. The molecule has 0 bridgehead atoms. The van der Waals surface area contributed by atoms with Crippen LogP contribution in [0.15, 0.2) is 12.4 Å². The maximum absolute atomic E-state index is 12.2. The van der Waals surface area contributed by atoms with Gasteiger partial charge in [0.15, 0.2) is 5.60 Å². The standard InChI is InChI=1S/C7H8Cl3FO2/c1-4(11)5(12)13-6(2,3)7(8,9)10/h1H2,2-3H3. The number of halogens is 4. The van der Waals surface area contributed by atoms with Gasteiger partial charge in [-0.1, -0.05) is 41.4 Å². The molecule has 0 spiro atoms. The molecule has 0 radical (unpaired) electrons. The maximum Gasteiger partial charge on any atom is 0.367 e. The van der Waals surface area contributed by atoms with E-state index in [0.29, 0.717) is 0 Å². The number of hydrogen-bond acceptors (Lipinski definition) is 2. The minimum absolute atomic E-state index is 1.23. The number of carbonyl (C=O) groups excluding carboxylic acids is 1. The van der Waals surface area contributed by atoms with Crippen LogP contribution in [0.1, 0.15) is 13.8 Å². The summed E-state index contributed by atoms with van der Waals surface area (Å²) in [6, 6.07) is 0. The molecule has 0 aromatic carbocycles. The minimum Gasteiger partial charge on any atom is -0.450 e. The second-order valence-electron chi connectivity index (χ2n) is 2.80. The van der Waals surface area contributed by atoms with Crippen LogP contribution in [-0.4, -0.2) is 15.4 Å². The van der Waals surface area contributed by atoms with Crippen molar-refractivity contribution in [3.05, 3.63) is 12.4 Å². The zero-order valence-corrected chi connectivity index (χ0v) is 9.30. The molecule has 0 unspecified atom stereocenters. The van der Waals surface area contributed by atoms with E-state index in [0.717, 1.165) is 0 Å². The fourth-order valence-corrected chi connectivity index (χ4v) is 0.461. The summed E-state index contributed by atoms with van der Waals surface area (Å²) in [6.07, 6.45) is 0. The summed E-state index contributed by atoms with van der Waals surface area (Å²) < 4.78 is 14.9. The van der Waals surface area contributed by atoms with E-state index >= 15 is 0 Å². The van der Waals surface area contributed by atoms with Gasteiger partial charge in [0, 0.05) is 0 Å². The highest BCUT2D eigenvalue weighted by molar-refractivity contribution is 6.68. The molecule has 0 fully saturated rings. The van der Waals surface area contributed by atoms with Gasteiger partial charge in [0.2, 0.25) is 9.62 Å². The number of esters is 1. The van der Waals surface area contributed by atoms with E-state index < -0.39 is 21.2 Å². The van der Waals surface area contributed by atoms with Crippen LogP contribution < -0.4 is 0 Å². The Bertz CT molecular complexity index is 232. The van der Waals surface area contributed by atoms with Crippen molar-refractivity contribution >= 4 is 40.8 Å². The van der Waals surface area contributed by atoms with E-state index in [4.69, 9.17) is 34.8 Å². The normalized spacial score (nSPS) is 12.5. The van der Waals surface area contributed by atoms with Crippen molar-refractivity contribution in [2.75, 3.05) is 0 Å². The molecule has 0 saturated heterocycles. The number of carbonyl (C=O) groups is 1. The fraction of sp³-hybridized carbons (Fsp3) is 0.571. The predicted octanol–water partition coefficient (Wildman–Crippen LogP) is 3.16. The Kier molecular flexibility index (Phi) is 4.03. The zero-order valence-electron chi connectivity index (χ0n) is 7.04. The lowest BCUT2D eigenvalue weighted by Crippen LogP contribution is -2.41. The van der Waals surface area contributed by atoms with Crippen molar-refractivity contribution in [3.63, 3.8) is 0 Å². The van der Waals surface area contributed by atoms with Crippen molar-refractivity contribution < 1.29 is 13.9 Å². The molecule has 0 atom stereocenters. The SMILES string of the molecule is C=C(F)C(=O)OC(C)(C)C(Cl)(Cl)Cl. The van der Waals surface area contributed by atoms with E-state index in [1.54, 1.807) is 0 Å². The van der Waals surface area contributed by atoms with Crippen LogP contribution in [0.25, 0.3) is 0 Å². The van der Waals surface area contributed by atoms with Gasteiger partial charge in [-0.15, -0.1) is 0 Å². The van der Waals surface area contributed by atoms with Crippen LogP contribution in [0.5, 0.6) is 0 Å². The molecule has 2 nitrogen and oxygen atoms in total. The van der Waals surface area contributed by atoms with E-state index in [1.165, 1.54) is 13.8 Å². The first-order valence-electron chi connectivity index (χ1n) is 3.22. The molecule has 0 aliphatic carbocycles. The van der Waals surface area contributed by atoms with Gasteiger partial charge < -0.3 is 4.74 Å². The van der Waals surface area contributed by atoms with Gasteiger partial charge in [-0.05, 0) is 13.8 Å². The van der Waals surface area contributed by atoms with Gasteiger partial charge in [0.05, 0.1) is 0 Å². The first kappa shape index (κ1) is 13.0. The van der Waals surface area contributed by atoms with Crippen molar-refractivity contribution in [1.29, 1.82) is 0 Å². The molecule has 0 rings (SSSR count). The number of ether oxygens (including phenoxy) is 1. The zero-order chi connectivity index (χ0) is 10.9. The first-order valence-corrected chi connectivity index (χ1v) is 4.36. The van der Waals surface area contributed by atoms with E-state index in [-0.39, 0.29) is 0 Å². The quantitative estimate of drug-likeness (QED) is 0.427. The predicted molar refractivity (Wildman–Crippen MR) is 50.7 cm³/mol. The summed E-state index contributed by atoms with van der Waals surface area (Å²) in [5, 5.41) is 0. The number of alkyl halides is 3. The highest BCUT2D eigenvalue weighted by Gasteiger charge is 2.44. The van der Waals surface area contributed by atoms with Crippen LogP contribution in [-0.2, 0) is 9.53 Å². The van der Waals surface area contributed by atoms with Gasteiger partial charge >= 0.3 is 5.97 Å². The number of rotatable bonds is 2. The van der Waals surface area contributed by atoms with Crippen LogP contribution in [0.3, 0.4) is 0 Å². The Morgan fingerprint density at radius 2 is 1.77 bits per heavy atom. The van der Waals surface area contributed by atoms with Crippen LogP contribution in [0.2, 0.25) is 0 Å². The number of hydrogen-bond donors (Lipinski definition) is 0. The lowest BCUT2D eigenvalue weighted by molar-refractivity contribution is -0.152. The fourth-order valence-electron chi connectivity index (χ4n) is 0.345. The van der Waals surface area contributed by atoms with Gasteiger partial charge in [0.1, 0.15) is 0 Å². The Balaban J connectivity index is 4.53. The van der Waals surface area contributed by atoms with Gasteiger partial charge in [-0.25, -0.2) is 4.79 Å². The highest BCUT2D eigenvalue weighted by Crippen LogP contribution is 2.40. The molecule has 0 saturated carbocycles. The Morgan fingerprint density at radius 3 is 2.00 bits per heavy atom. The third-order valence-electron chi connectivity index (χ3n) is 1.25. The first-order chi connectivity index (χ1) is 5.58. The Morgan fingerprint density at radius 1 is 1.38 bits per heavy atom. The largest absolute Gasteiger partial charge is 0.450 e. The average Bonchev–Trinajstić information content (AvgIpc) is 1.83. The van der Waals surface area contributed by atoms with E-state index in [1.807, 2.05) is 0 Å². The molecule has 0 aromatic heterocycles. The van der Waals surface area contributed by atoms with Crippen molar-refractivity contribution in [3.8, 4) is 0 Å². The van der Waals surface area contributed by atoms with E-state index in [9.17, 15) is 9.18 Å². The third kappa shape index (κ3) is 3.71. The molecule has 0 N–H and O–H groups in total. The second-order valence-corrected chi connectivity index (χ2v) is 5.08. The summed E-state index contributed by atoms with van der Waals surface area (Å²) >= 11 is 16.4. The molecule has 0 aromatic rings. The lowest BCUT2D eigenvalue weighted by atomic mass is 10.2. The molecule has 76 valence electrons. The summed E-state index contributed by atoms with van der Waals surface area (Å²) in [5.41, 5.74) is -1.41. The molecule has 0 aliphatic rings. The molecule has 6 heteroatoms. The van der Waals surface area contributed by atoms with Gasteiger partial charge in [-0.2, -0.15) is 4.39 Å². The molecular weight excluding hydrogens is 241 g/mol. The minimum atomic E-state index is -1.82. The van der Waals surface area contributed by atoms with Crippen molar-refractivity contribution in [2.45, 2.75) is 23.2 Å². The summed E-state index contributed by atoms with van der Waals surface area (Å²) in [7, 11) is 0. The topological polar surface area (TPSA) is 26.3 Å². The molecule has 0 aliphatic heterocycles. The third-order valence-corrected chi connectivity index (χ3v) is 2.62. The van der Waals surface area contributed by atoms with Crippen LogP contribution in [0.4, 0.5) is 4.39 Å². The summed E-state index contributed by atoms with van der Waals surface area (Å²) in [4.78, 5) is 10.7. The second kappa shape index (κ2) is 4.03. The maximum atomic E-state index is 12.2. The molecule has 0 heterocycles. The summed E-state index contributed by atoms with van der Waals surface area (Å²) in [5.74, 6) is -2.47. The smallest absolute Gasteiger partial charge is 0.367 e. The monoisotopic (exact) mass is 248 g/mol. The van der Waals surface area contributed by atoms with Crippen molar-refractivity contribution in [2.24, 2.45) is 0 Å². The highest BCUT2D eigenvalue weighted by atomic mass is 35.6. The molecule has 13 heavy (non-hydrogen) atoms. The van der Waals surface area contributed by atoms with Gasteiger partial charge in [-0.3, -0.25) is 0 Å². The van der Waals surface area contributed by atoms with Crippen molar-refractivity contribution in [1.82, 2.24) is 0 Å². The lowest BCUT2D eigenvalue weighted by Gasteiger charge is -2.31. The van der Waals surface area contributed by atoms with Gasteiger partial charge in [0.25, 0.3) is 0 Å². The molecule has 0 amide bonds. The Hall–Kier alpha value is 0.01000. The Labute approximate surface area is 90.6 Å². The van der Waals surface area contributed by atoms with Crippen LogP contribution in [0, 0.1) is 0 Å².